The Labute approximate surface area is 118 Å². The number of rotatable bonds is 7. The van der Waals surface area contributed by atoms with Gasteiger partial charge in [0.2, 0.25) is 0 Å². The lowest BCUT2D eigenvalue weighted by Gasteiger charge is -2.25. The third kappa shape index (κ3) is 4.21. The van der Waals surface area contributed by atoms with Gasteiger partial charge in [-0.05, 0) is 44.2 Å². The Morgan fingerprint density at radius 1 is 1.40 bits per heavy atom. The number of carboxylic acid groups (broad SMARTS) is 1. The lowest BCUT2D eigenvalue weighted by Crippen LogP contribution is -2.22. The van der Waals surface area contributed by atoms with Crippen molar-refractivity contribution in [2.75, 3.05) is 6.61 Å². The maximum absolute atomic E-state index is 10.8. The third-order valence-electron chi connectivity index (χ3n) is 3.50. The molecule has 0 spiro atoms. The van der Waals surface area contributed by atoms with Crippen molar-refractivity contribution in [3.8, 4) is 5.75 Å². The monoisotopic (exact) mass is 282 g/mol. The van der Waals surface area contributed by atoms with Crippen LogP contribution >= 0.6 is 0 Å². The fraction of sp³-hybridized carbons (Fsp3) is 0.533. The molecule has 2 atom stereocenters. The number of aromatic carboxylic acids is 1. The van der Waals surface area contributed by atoms with Gasteiger partial charge < -0.3 is 20.4 Å². The van der Waals surface area contributed by atoms with Gasteiger partial charge in [0.15, 0.2) is 0 Å². The van der Waals surface area contributed by atoms with Crippen LogP contribution < -0.4 is 0 Å². The highest BCUT2D eigenvalue weighted by molar-refractivity contribution is 5.88. The van der Waals surface area contributed by atoms with E-state index >= 15 is 0 Å². The molecule has 1 rings (SSSR count). The molecule has 0 heterocycles. The maximum atomic E-state index is 10.8. The van der Waals surface area contributed by atoms with E-state index in [2.05, 4.69) is 0 Å². The van der Waals surface area contributed by atoms with E-state index in [1.807, 2.05) is 6.92 Å². The quantitative estimate of drug-likeness (QED) is 0.614. The van der Waals surface area contributed by atoms with E-state index in [1.165, 1.54) is 12.1 Å². The normalized spacial score (nSPS) is 15.6. The van der Waals surface area contributed by atoms with Crippen molar-refractivity contribution < 1.29 is 25.2 Å². The maximum Gasteiger partial charge on any atom is 0.335 e. The summed E-state index contributed by atoms with van der Waals surface area (Å²) >= 11 is 0. The first kappa shape index (κ1) is 16.5. The first-order valence-corrected chi connectivity index (χ1v) is 6.68. The molecular formula is C15H22O5. The predicted octanol–water partition coefficient (Wildman–Crippen LogP) is 2.10. The number of benzene rings is 1. The minimum atomic E-state index is -1.23. The van der Waals surface area contributed by atoms with Crippen LogP contribution in [0.1, 0.15) is 49.0 Å². The number of carboxylic acids is 1. The van der Waals surface area contributed by atoms with Crippen LogP contribution in [-0.4, -0.2) is 33.0 Å². The van der Waals surface area contributed by atoms with Crippen molar-refractivity contribution in [1.82, 2.24) is 0 Å². The summed E-state index contributed by atoms with van der Waals surface area (Å²) in [6.07, 6.45) is 1.91. The Kier molecular flexibility index (Phi) is 5.53. The second kappa shape index (κ2) is 6.72. The van der Waals surface area contributed by atoms with E-state index in [-0.39, 0.29) is 23.8 Å². The molecule has 5 nitrogen and oxygen atoms in total. The first-order valence-electron chi connectivity index (χ1n) is 6.68. The Morgan fingerprint density at radius 3 is 2.55 bits per heavy atom. The van der Waals surface area contributed by atoms with E-state index in [1.54, 1.807) is 6.92 Å². The minimum Gasteiger partial charge on any atom is -0.508 e. The molecule has 0 saturated heterocycles. The van der Waals surface area contributed by atoms with Gasteiger partial charge >= 0.3 is 5.97 Å². The highest BCUT2D eigenvalue weighted by Gasteiger charge is 2.26. The molecule has 0 amide bonds. The molecule has 0 aliphatic rings. The fourth-order valence-corrected chi connectivity index (χ4v) is 2.14. The zero-order valence-corrected chi connectivity index (χ0v) is 11.8. The largest absolute Gasteiger partial charge is 0.508 e. The van der Waals surface area contributed by atoms with Crippen LogP contribution in [0.15, 0.2) is 18.2 Å². The third-order valence-corrected chi connectivity index (χ3v) is 3.50. The minimum absolute atomic E-state index is 0.0176. The molecule has 112 valence electrons. The molecule has 20 heavy (non-hydrogen) atoms. The second-order valence-corrected chi connectivity index (χ2v) is 5.49. The Balaban J connectivity index is 2.79. The fourth-order valence-electron chi connectivity index (χ4n) is 2.14. The van der Waals surface area contributed by atoms with Crippen LogP contribution in [0.4, 0.5) is 0 Å². The number of aromatic hydroxyl groups is 1. The molecular weight excluding hydrogens is 260 g/mol. The van der Waals surface area contributed by atoms with Crippen molar-refractivity contribution >= 4 is 5.97 Å². The highest BCUT2D eigenvalue weighted by atomic mass is 16.4. The van der Waals surface area contributed by atoms with Crippen molar-refractivity contribution in [2.45, 2.75) is 38.7 Å². The van der Waals surface area contributed by atoms with E-state index in [9.17, 15) is 15.0 Å². The molecule has 2 unspecified atom stereocenters. The molecule has 0 radical (unpaired) electrons. The first-order chi connectivity index (χ1) is 9.27. The number of aliphatic hydroxyl groups is 2. The predicted molar refractivity (Wildman–Crippen MR) is 74.7 cm³/mol. The van der Waals surface area contributed by atoms with Crippen LogP contribution in [0.25, 0.3) is 0 Å². The summed E-state index contributed by atoms with van der Waals surface area (Å²) in [5.74, 6) is -1.16. The zero-order chi connectivity index (χ0) is 15.3. The molecule has 4 N–H and O–H groups in total. The van der Waals surface area contributed by atoms with Gasteiger partial charge in [-0.15, -0.1) is 0 Å². The van der Waals surface area contributed by atoms with Crippen molar-refractivity contribution in [1.29, 1.82) is 0 Å². The van der Waals surface area contributed by atoms with Crippen molar-refractivity contribution in [2.24, 2.45) is 5.92 Å². The van der Waals surface area contributed by atoms with Gasteiger partial charge in [-0.25, -0.2) is 4.79 Å². The summed E-state index contributed by atoms with van der Waals surface area (Å²) in [4.78, 5) is 10.8. The number of hydrogen-bond donors (Lipinski definition) is 4. The molecule has 0 aliphatic heterocycles. The van der Waals surface area contributed by atoms with E-state index < -0.39 is 11.6 Å². The number of hydrogen-bond acceptors (Lipinski definition) is 4. The Hall–Kier alpha value is -1.59. The average molecular weight is 282 g/mol. The molecule has 1 aromatic carbocycles. The molecule has 0 aliphatic carbocycles. The SMILES string of the molecule is CC(CO)CCCC(C)(O)c1ccc(C(=O)O)cc1O. The lowest BCUT2D eigenvalue weighted by molar-refractivity contribution is 0.0405. The molecule has 0 aromatic heterocycles. The van der Waals surface area contributed by atoms with Gasteiger partial charge in [0.25, 0.3) is 0 Å². The van der Waals surface area contributed by atoms with Crippen LogP contribution in [0.3, 0.4) is 0 Å². The van der Waals surface area contributed by atoms with E-state index in [0.29, 0.717) is 18.4 Å². The summed E-state index contributed by atoms with van der Waals surface area (Å²) in [7, 11) is 0. The van der Waals surface area contributed by atoms with Crippen molar-refractivity contribution in [3.63, 3.8) is 0 Å². The summed E-state index contributed by atoms with van der Waals surface area (Å²) in [6, 6.07) is 3.94. The Bertz CT molecular complexity index is 467. The smallest absolute Gasteiger partial charge is 0.335 e. The number of phenols is 1. The summed E-state index contributed by atoms with van der Waals surface area (Å²) in [5, 5.41) is 38.1. The summed E-state index contributed by atoms with van der Waals surface area (Å²) in [5.41, 5.74) is -0.925. The van der Waals surface area contributed by atoms with Crippen LogP contribution in [-0.2, 0) is 5.60 Å². The van der Waals surface area contributed by atoms with E-state index in [4.69, 9.17) is 10.2 Å². The van der Waals surface area contributed by atoms with Gasteiger partial charge in [0.1, 0.15) is 5.75 Å². The van der Waals surface area contributed by atoms with Gasteiger partial charge in [0.05, 0.1) is 11.2 Å². The average Bonchev–Trinajstić information content (AvgIpc) is 2.37. The van der Waals surface area contributed by atoms with Crippen LogP contribution in [0.5, 0.6) is 5.75 Å². The van der Waals surface area contributed by atoms with Gasteiger partial charge in [-0.3, -0.25) is 0 Å². The zero-order valence-electron chi connectivity index (χ0n) is 11.8. The molecule has 0 bridgehead atoms. The van der Waals surface area contributed by atoms with E-state index in [0.717, 1.165) is 12.5 Å². The topological polar surface area (TPSA) is 98.0 Å². The molecule has 0 saturated carbocycles. The van der Waals surface area contributed by atoms with Gasteiger partial charge in [0, 0.05) is 12.2 Å². The van der Waals surface area contributed by atoms with Crippen LogP contribution in [0, 0.1) is 5.92 Å². The highest BCUT2D eigenvalue weighted by Crippen LogP contribution is 2.34. The van der Waals surface area contributed by atoms with Crippen LogP contribution in [0.2, 0.25) is 0 Å². The van der Waals surface area contributed by atoms with Gasteiger partial charge in [-0.2, -0.15) is 0 Å². The number of carbonyl (C=O) groups is 1. The molecule has 5 heteroatoms. The Morgan fingerprint density at radius 2 is 2.05 bits per heavy atom. The lowest BCUT2D eigenvalue weighted by atomic mass is 9.88. The van der Waals surface area contributed by atoms with Crippen molar-refractivity contribution in [3.05, 3.63) is 29.3 Å². The van der Waals surface area contributed by atoms with Gasteiger partial charge in [-0.1, -0.05) is 13.0 Å². The number of aliphatic hydroxyl groups excluding tert-OH is 1. The summed E-state index contributed by atoms with van der Waals surface area (Å²) < 4.78 is 0. The molecule has 1 aromatic rings. The molecule has 0 fully saturated rings. The standard InChI is InChI=1S/C15H22O5/c1-10(9-16)4-3-7-15(2,20)12-6-5-11(14(18)19)8-13(12)17/h5-6,8,10,16-17,20H,3-4,7,9H2,1-2H3,(H,18,19). The summed E-state index contributed by atoms with van der Waals surface area (Å²) in [6.45, 7) is 3.63. The number of phenolic OH excluding ortho intramolecular Hbond substituents is 1. The second-order valence-electron chi connectivity index (χ2n) is 5.49.